The number of hydrogen-bond acceptors (Lipinski definition) is 4. The van der Waals surface area contributed by atoms with Gasteiger partial charge in [-0.3, -0.25) is 13.9 Å². The van der Waals surface area contributed by atoms with E-state index in [0.29, 0.717) is 32.4 Å². The molecular weight excluding hydrogens is 438 g/mol. The number of sulfonamides is 1. The number of nitrogens with one attached hydrogen (secondary N) is 1. The zero-order chi connectivity index (χ0) is 23.6. The van der Waals surface area contributed by atoms with Gasteiger partial charge in [-0.25, -0.2) is 8.42 Å². The molecule has 1 atom stereocenters. The third kappa shape index (κ3) is 5.05. The lowest BCUT2D eigenvalue weighted by molar-refractivity contribution is -0.142. The maximum Gasteiger partial charge on any atom is 0.243 e. The van der Waals surface area contributed by atoms with Crippen LogP contribution in [0.3, 0.4) is 0 Å². The first-order valence-corrected chi connectivity index (χ1v) is 13.1. The normalized spacial score (nSPS) is 17.6. The first-order valence-electron chi connectivity index (χ1n) is 11.5. The van der Waals surface area contributed by atoms with Gasteiger partial charge in [0.25, 0.3) is 0 Å². The van der Waals surface area contributed by atoms with Gasteiger partial charge in [-0.05, 0) is 35.1 Å². The summed E-state index contributed by atoms with van der Waals surface area (Å²) in [5, 5.41) is 2.79. The van der Waals surface area contributed by atoms with Crippen LogP contribution in [0.2, 0.25) is 0 Å². The molecule has 2 aromatic carbocycles. The van der Waals surface area contributed by atoms with Gasteiger partial charge < -0.3 is 10.2 Å². The minimum absolute atomic E-state index is 0.00416. The number of carbonyl (C=O) groups excluding carboxylic acids is 2. The lowest BCUT2D eigenvalue weighted by Crippen LogP contribution is -2.53. The number of hydrogen-bond donors (Lipinski definition) is 1. The maximum atomic E-state index is 13.1. The molecule has 33 heavy (non-hydrogen) atoms. The fourth-order valence-electron chi connectivity index (χ4n) is 4.61. The number of benzene rings is 2. The molecular formula is C25H31N3O4S. The molecule has 2 aromatic rings. The summed E-state index contributed by atoms with van der Waals surface area (Å²) in [4.78, 5) is 27.6. The van der Waals surface area contributed by atoms with Crippen LogP contribution in [0.25, 0.3) is 0 Å². The SMILES string of the molecule is CC(C)CC(=O)N1Cc2ccccc2CC1C(=O)NCCS(=O)(=O)N1CCc2ccccc21. The van der Waals surface area contributed by atoms with Gasteiger partial charge in [-0.2, -0.15) is 0 Å². The predicted molar refractivity (Wildman–Crippen MR) is 128 cm³/mol. The van der Waals surface area contributed by atoms with Crippen molar-refractivity contribution in [2.24, 2.45) is 5.92 Å². The van der Waals surface area contributed by atoms with E-state index in [1.165, 1.54) is 4.31 Å². The van der Waals surface area contributed by atoms with E-state index in [4.69, 9.17) is 0 Å². The Labute approximate surface area is 195 Å². The van der Waals surface area contributed by atoms with Gasteiger partial charge in [0.2, 0.25) is 21.8 Å². The van der Waals surface area contributed by atoms with Crippen LogP contribution in [0, 0.1) is 5.92 Å². The molecule has 4 rings (SSSR count). The first-order chi connectivity index (χ1) is 15.8. The molecule has 0 bridgehead atoms. The number of anilines is 1. The second-order valence-electron chi connectivity index (χ2n) is 9.17. The summed E-state index contributed by atoms with van der Waals surface area (Å²) >= 11 is 0. The zero-order valence-electron chi connectivity index (χ0n) is 19.2. The van der Waals surface area contributed by atoms with Crippen molar-refractivity contribution in [3.05, 3.63) is 65.2 Å². The number of rotatable bonds is 7. The highest BCUT2D eigenvalue weighted by molar-refractivity contribution is 7.92. The molecule has 0 aliphatic carbocycles. The highest BCUT2D eigenvalue weighted by atomic mass is 32.2. The molecule has 2 aliphatic heterocycles. The van der Waals surface area contributed by atoms with Crippen LogP contribution in [0.1, 0.15) is 37.0 Å². The van der Waals surface area contributed by atoms with Crippen molar-refractivity contribution < 1.29 is 18.0 Å². The molecule has 0 saturated carbocycles. The van der Waals surface area contributed by atoms with E-state index in [1.54, 1.807) is 4.90 Å². The van der Waals surface area contributed by atoms with Crippen LogP contribution in [-0.2, 0) is 39.0 Å². The van der Waals surface area contributed by atoms with Gasteiger partial charge in [-0.15, -0.1) is 0 Å². The predicted octanol–water partition coefficient (Wildman–Crippen LogP) is 2.49. The topological polar surface area (TPSA) is 86.8 Å². The van der Waals surface area contributed by atoms with Gasteiger partial charge in [0.1, 0.15) is 6.04 Å². The van der Waals surface area contributed by atoms with E-state index in [-0.39, 0.29) is 30.0 Å². The Balaban J connectivity index is 1.42. The number of carbonyl (C=O) groups is 2. The fraction of sp³-hybridized carbons (Fsp3) is 0.440. The molecule has 2 amide bonds. The summed E-state index contributed by atoms with van der Waals surface area (Å²) in [7, 11) is -3.56. The number of fused-ring (bicyclic) bond motifs is 2. The van der Waals surface area contributed by atoms with E-state index in [1.807, 2.05) is 62.4 Å². The van der Waals surface area contributed by atoms with Crippen LogP contribution in [0.5, 0.6) is 0 Å². The number of nitrogens with zero attached hydrogens (tertiary/aromatic N) is 2. The molecule has 0 fully saturated rings. The molecule has 0 radical (unpaired) electrons. The smallest absolute Gasteiger partial charge is 0.243 e. The molecule has 0 spiro atoms. The van der Waals surface area contributed by atoms with Crippen molar-refractivity contribution in [3.8, 4) is 0 Å². The lowest BCUT2D eigenvalue weighted by Gasteiger charge is -2.36. The number of amides is 2. The van der Waals surface area contributed by atoms with Crippen molar-refractivity contribution in [1.82, 2.24) is 10.2 Å². The zero-order valence-corrected chi connectivity index (χ0v) is 20.0. The molecule has 0 aromatic heterocycles. The Morgan fingerprint density at radius 1 is 1.03 bits per heavy atom. The monoisotopic (exact) mass is 469 g/mol. The van der Waals surface area contributed by atoms with Crippen LogP contribution in [0.15, 0.2) is 48.5 Å². The molecule has 8 heteroatoms. The maximum absolute atomic E-state index is 13.1. The molecule has 1 N–H and O–H groups in total. The van der Waals surface area contributed by atoms with Crippen LogP contribution in [0.4, 0.5) is 5.69 Å². The summed E-state index contributed by atoms with van der Waals surface area (Å²) in [5.74, 6) is -0.359. The summed E-state index contributed by atoms with van der Waals surface area (Å²) in [6.45, 7) is 4.78. The quantitative estimate of drug-likeness (QED) is 0.675. The van der Waals surface area contributed by atoms with Crippen molar-refractivity contribution in [3.63, 3.8) is 0 Å². The molecule has 2 heterocycles. The molecule has 176 valence electrons. The summed E-state index contributed by atoms with van der Waals surface area (Å²) in [5.41, 5.74) is 3.84. The Bertz CT molecular complexity index is 1150. The molecule has 2 aliphatic rings. The second kappa shape index (κ2) is 9.55. The van der Waals surface area contributed by atoms with E-state index in [0.717, 1.165) is 22.4 Å². The minimum Gasteiger partial charge on any atom is -0.353 e. The fourth-order valence-corrected chi connectivity index (χ4v) is 6.04. The molecule has 7 nitrogen and oxygen atoms in total. The second-order valence-corrected chi connectivity index (χ2v) is 11.2. The van der Waals surface area contributed by atoms with Crippen molar-refractivity contribution in [2.75, 3.05) is 23.1 Å². The summed E-state index contributed by atoms with van der Waals surface area (Å²) < 4.78 is 27.3. The van der Waals surface area contributed by atoms with Crippen LogP contribution < -0.4 is 9.62 Å². The van der Waals surface area contributed by atoms with E-state index < -0.39 is 16.1 Å². The van der Waals surface area contributed by atoms with Crippen LogP contribution in [-0.4, -0.2) is 50.0 Å². The largest absolute Gasteiger partial charge is 0.353 e. The third-order valence-electron chi connectivity index (χ3n) is 6.29. The first kappa shape index (κ1) is 23.3. The van der Waals surface area contributed by atoms with Gasteiger partial charge >= 0.3 is 0 Å². The lowest BCUT2D eigenvalue weighted by atomic mass is 9.92. The van der Waals surface area contributed by atoms with Gasteiger partial charge in [0.05, 0.1) is 11.4 Å². The standard InChI is InChI=1S/C25H31N3O4S/c1-18(2)15-24(29)27-17-21-9-4-3-8-20(21)16-23(27)25(30)26-12-14-33(31,32)28-13-11-19-7-5-6-10-22(19)28/h3-10,18,23H,11-17H2,1-2H3,(H,26,30). The third-order valence-corrected chi connectivity index (χ3v) is 8.06. The van der Waals surface area contributed by atoms with Crippen molar-refractivity contribution in [1.29, 1.82) is 0 Å². The van der Waals surface area contributed by atoms with E-state index in [9.17, 15) is 18.0 Å². The van der Waals surface area contributed by atoms with Crippen molar-refractivity contribution in [2.45, 2.75) is 45.7 Å². The van der Waals surface area contributed by atoms with Gasteiger partial charge in [-0.1, -0.05) is 56.3 Å². The van der Waals surface area contributed by atoms with E-state index >= 15 is 0 Å². The van der Waals surface area contributed by atoms with E-state index in [2.05, 4.69) is 5.32 Å². The molecule has 1 unspecified atom stereocenters. The van der Waals surface area contributed by atoms with Crippen LogP contribution >= 0.6 is 0 Å². The van der Waals surface area contributed by atoms with Gasteiger partial charge in [0, 0.05) is 32.5 Å². The Morgan fingerprint density at radius 2 is 1.70 bits per heavy atom. The highest BCUT2D eigenvalue weighted by Crippen LogP contribution is 2.30. The minimum atomic E-state index is -3.56. The average Bonchev–Trinajstić information content (AvgIpc) is 3.23. The highest BCUT2D eigenvalue weighted by Gasteiger charge is 2.35. The summed E-state index contributed by atoms with van der Waals surface area (Å²) in [6.07, 6.45) is 1.49. The Kier molecular flexibility index (Phi) is 6.74. The Morgan fingerprint density at radius 3 is 2.42 bits per heavy atom. The number of para-hydroxylation sites is 1. The van der Waals surface area contributed by atoms with Crippen molar-refractivity contribution >= 4 is 27.5 Å². The molecule has 0 saturated heterocycles. The average molecular weight is 470 g/mol. The van der Waals surface area contributed by atoms with Gasteiger partial charge in [0.15, 0.2) is 0 Å². The summed E-state index contributed by atoms with van der Waals surface area (Å²) in [6, 6.07) is 14.7. The Hall–Kier alpha value is -2.87.